The predicted octanol–water partition coefficient (Wildman–Crippen LogP) is 13.8. The lowest BCUT2D eigenvalue weighted by molar-refractivity contribution is -0.141. The van der Waals surface area contributed by atoms with E-state index in [2.05, 4.69) is 9.97 Å². The highest BCUT2D eigenvalue weighted by atomic mass is 35.5. The molecular formula is C47H59ClF6N2O4. The van der Waals surface area contributed by atoms with E-state index in [1.54, 1.807) is 0 Å². The van der Waals surface area contributed by atoms with E-state index in [1.165, 1.54) is 0 Å². The molecule has 4 aromatic rings. The van der Waals surface area contributed by atoms with Crippen molar-refractivity contribution >= 4 is 23.2 Å². The first-order valence-electron chi connectivity index (χ1n) is 20.2. The molecule has 5 rings (SSSR count). The molecule has 1 fully saturated rings. The molecule has 4 N–H and O–H groups in total. The summed E-state index contributed by atoms with van der Waals surface area (Å²) < 4.78 is 78.9. The Morgan fingerprint density at radius 2 is 0.933 bits per heavy atom. The number of hydrogen-bond donors (Lipinski definition) is 4. The molecule has 0 amide bonds. The number of phenolic OH excluding ortho intramolecular Hbond substituents is 2. The Labute approximate surface area is 354 Å². The number of aromatic amines is 2. The molecule has 13 heteroatoms. The molecule has 0 bridgehead atoms. The van der Waals surface area contributed by atoms with Gasteiger partial charge in [-0.1, -0.05) is 119 Å². The number of hydrogen-bond acceptors (Lipinski definition) is 4. The van der Waals surface area contributed by atoms with Crippen molar-refractivity contribution in [2.24, 2.45) is 0 Å². The largest absolute Gasteiger partial charge is 0.507 e. The molecule has 0 saturated heterocycles. The minimum Gasteiger partial charge on any atom is -0.507 e. The summed E-state index contributed by atoms with van der Waals surface area (Å²) >= 11 is 5.83. The molecule has 0 aliphatic heterocycles. The van der Waals surface area contributed by atoms with Gasteiger partial charge in [0.1, 0.15) is 22.9 Å². The van der Waals surface area contributed by atoms with Crippen molar-refractivity contribution < 1.29 is 46.1 Å². The monoisotopic (exact) mass is 864 g/mol. The number of nitrogens with one attached hydrogen (secondary N) is 2. The molecule has 2 aromatic heterocycles. The Morgan fingerprint density at radius 3 is 1.23 bits per heavy atom. The SMILES string of the molecule is CC(C)(C)c1cc(CCC(=O)c2[nH]c(C(F)(F)F)cc2Cl)cc(C(C)(C)C)c1O.CC(C)(C)c1cc(CCC(=O)c2[nH]c(C3CC3)cc2C(F)(F)F)cc(C(C)(C)C)c1O. The maximum atomic E-state index is 13.5. The van der Waals surface area contributed by atoms with E-state index in [0.29, 0.717) is 18.5 Å². The number of ketones is 2. The first-order chi connectivity index (χ1) is 27.1. The number of Topliss-reactive ketones (excluding diaryl/α,β-unsaturated/α-hetero) is 2. The maximum Gasteiger partial charge on any atom is 0.431 e. The number of H-pyrrole nitrogens is 2. The van der Waals surface area contributed by atoms with Crippen LogP contribution in [0.1, 0.15) is 186 Å². The van der Waals surface area contributed by atoms with E-state index in [4.69, 9.17) is 11.6 Å². The number of aryl methyl sites for hydroxylation is 2. The minimum atomic E-state index is -4.59. The molecule has 0 atom stereocenters. The number of benzene rings is 2. The molecule has 2 heterocycles. The van der Waals surface area contributed by atoms with Gasteiger partial charge in [-0.3, -0.25) is 9.59 Å². The van der Waals surface area contributed by atoms with Gasteiger partial charge in [-0.2, -0.15) is 26.3 Å². The second kappa shape index (κ2) is 16.9. The number of aromatic hydroxyl groups is 2. The predicted molar refractivity (Wildman–Crippen MR) is 225 cm³/mol. The highest BCUT2D eigenvalue weighted by Gasteiger charge is 2.39. The average molecular weight is 865 g/mol. The molecular weight excluding hydrogens is 806 g/mol. The molecule has 0 unspecified atom stereocenters. The van der Waals surface area contributed by atoms with E-state index < -0.39 is 35.2 Å². The van der Waals surface area contributed by atoms with Crippen molar-refractivity contribution in [1.82, 2.24) is 9.97 Å². The van der Waals surface area contributed by atoms with Crippen LogP contribution in [-0.2, 0) is 46.9 Å². The fraction of sp³-hybridized carbons (Fsp3) is 0.532. The van der Waals surface area contributed by atoms with E-state index in [9.17, 15) is 46.1 Å². The van der Waals surface area contributed by atoms with Crippen LogP contribution in [0.2, 0.25) is 5.02 Å². The highest BCUT2D eigenvalue weighted by molar-refractivity contribution is 6.33. The van der Waals surface area contributed by atoms with E-state index in [1.807, 2.05) is 107 Å². The number of rotatable bonds is 9. The first-order valence-corrected chi connectivity index (χ1v) is 20.5. The Bertz CT molecular complexity index is 2140. The van der Waals surface area contributed by atoms with E-state index in [0.717, 1.165) is 58.4 Å². The van der Waals surface area contributed by atoms with Gasteiger partial charge in [0.05, 0.1) is 16.3 Å². The lowest BCUT2D eigenvalue weighted by atomic mass is 9.78. The molecule has 1 saturated carbocycles. The second-order valence-electron chi connectivity index (χ2n) is 20.1. The summed E-state index contributed by atoms with van der Waals surface area (Å²) in [5.41, 5.74) is 1.54. The van der Waals surface area contributed by atoms with Gasteiger partial charge in [0.2, 0.25) is 0 Å². The van der Waals surface area contributed by atoms with Crippen LogP contribution in [0.5, 0.6) is 11.5 Å². The van der Waals surface area contributed by atoms with Crippen LogP contribution in [-0.4, -0.2) is 31.7 Å². The molecule has 60 heavy (non-hydrogen) atoms. The number of halogens is 7. The van der Waals surface area contributed by atoms with E-state index in [-0.39, 0.29) is 68.3 Å². The molecule has 330 valence electrons. The van der Waals surface area contributed by atoms with Crippen LogP contribution >= 0.6 is 11.6 Å². The second-order valence-corrected chi connectivity index (χ2v) is 20.5. The first kappa shape index (κ1) is 48.5. The third-order valence-corrected chi connectivity index (χ3v) is 10.9. The zero-order valence-corrected chi connectivity index (χ0v) is 37.4. The Balaban J connectivity index is 0.000000265. The normalized spacial score (nSPS) is 14.2. The number of carbonyl (C=O) groups is 2. The summed E-state index contributed by atoms with van der Waals surface area (Å²) in [7, 11) is 0. The highest BCUT2D eigenvalue weighted by Crippen LogP contribution is 2.44. The number of aromatic nitrogens is 2. The third-order valence-electron chi connectivity index (χ3n) is 10.6. The van der Waals surface area contributed by atoms with Crippen LogP contribution < -0.4 is 0 Å². The smallest absolute Gasteiger partial charge is 0.431 e. The van der Waals surface area contributed by atoms with Gasteiger partial charge in [0.15, 0.2) is 11.6 Å². The standard InChI is InChI=1S/C25H32F3NO2.C22H27ClF3NO2/c1-23(2,3)17-11-14(12-18(22(17)31)24(4,5)6)7-10-20(30)21-16(25(26,27)28)13-19(29-21)15-8-9-15;1-20(2,3)13-9-12(10-14(19(13)29)21(4,5)6)7-8-16(28)18-15(23)11-17(27-18)22(24,25)26/h11-13,15,29,31H,7-10H2,1-6H3;9-11,27,29H,7-8H2,1-6H3. The fourth-order valence-electron chi connectivity index (χ4n) is 7.05. The third kappa shape index (κ3) is 11.8. The van der Waals surface area contributed by atoms with Crippen LogP contribution in [0, 0.1) is 0 Å². The molecule has 6 nitrogen and oxygen atoms in total. The molecule has 2 aromatic carbocycles. The lowest BCUT2D eigenvalue weighted by Crippen LogP contribution is -2.18. The Morgan fingerprint density at radius 1 is 0.567 bits per heavy atom. The quantitative estimate of drug-likeness (QED) is 0.0993. The van der Waals surface area contributed by atoms with Crippen molar-refractivity contribution in [2.75, 3.05) is 0 Å². The molecule has 1 aliphatic rings. The summed E-state index contributed by atoms with van der Waals surface area (Å²) in [6.45, 7) is 23.9. The number of phenols is 2. The van der Waals surface area contributed by atoms with Crippen molar-refractivity contribution in [1.29, 1.82) is 0 Å². The summed E-state index contributed by atoms with van der Waals surface area (Å²) in [5, 5.41) is 21.4. The number of carbonyl (C=O) groups excluding carboxylic acids is 2. The fourth-order valence-corrected chi connectivity index (χ4v) is 7.31. The molecule has 1 aliphatic carbocycles. The number of alkyl halides is 6. The summed E-state index contributed by atoms with van der Waals surface area (Å²) in [6.07, 6.45) is -6.87. The summed E-state index contributed by atoms with van der Waals surface area (Å²) in [5.74, 6) is -0.450. The van der Waals surface area contributed by atoms with Crippen LogP contribution in [0.25, 0.3) is 0 Å². The molecule has 0 spiro atoms. The van der Waals surface area contributed by atoms with Crippen molar-refractivity contribution in [3.63, 3.8) is 0 Å². The topological polar surface area (TPSA) is 106 Å². The zero-order valence-electron chi connectivity index (χ0n) is 36.6. The van der Waals surface area contributed by atoms with Crippen LogP contribution in [0.15, 0.2) is 36.4 Å². The Hall–Kier alpha value is -4.19. The van der Waals surface area contributed by atoms with Gasteiger partial charge < -0.3 is 20.2 Å². The van der Waals surface area contributed by atoms with Gasteiger partial charge in [-0.05, 0) is 98.8 Å². The summed E-state index contributed by atoms with van der Waals surface area (Å²) in [4.78, 5) is 30.1. The maximum absolute atomic E-state index is 13.5. The van der Waals surface area contributed by atoms with Crippen LogP contribution in [0.3, 0.4) is 0 Å². The zero-order chi connectivity index (χ0) is 45.7. The lowest BCUT2D eigenvalue weighted by Gasteiger charge is -2.28. The van der Waals surface area contributed by atoms with Crippen molar-refractivity contribution in [3.8, 4) is 11.5 Å². The summed E-state index contributed by atoms with van der Waals surface area (Å²) in [6, 6.07) is 9.27. The van der Waals surface area contributed by atoms with Crippen molar-refractivity contribution in [3.05, 3.63) is 103 Å². The van der Waals surface area contributed by atoms with Crippen molar-refractivity contribution in [2.45, 2.75) is 162 Å². The average Bonchev–Trinajstić information content (AvgIpc) is 3.68. The van der Waals surface area contributed by atoms with Gasteiger partial charge in [0, 0.05) is 18.5 Å². The van der Waals surface area contributed by atoms with Gasteiger partial charge in [-0.25, -0.2) is 0 Å². The van der Waals surface area contributed by atoms with Gasteiger partial charge >= 0.3 is 12.4 Å². The van der Waals surface area contributed by atoms with Gasteiger partial charge in [0.25, 0.3) is 0 Å². The van der Waals surface area contributed by atoms with Gasteiger partial charge in [-0.15, -0.1) is 0 Å². The molecule has 0 radical (unpaired) electrons. The minimum absolute atomic E-state index is 0.00449. The van der Waals surface area contributed by atoms with E-state index >= 15 is 0 Å². The van der Waals surface area contributed by atoms with Crippen LogP contribution in [0.4, 0.5) is 26.3 Å². The Kier molecular flexibility index (Phi) is 13.7.